The Morgan fingerprint density at radius 3 is 2.53 bits per heavy atom. The van der Waals surface area contributed by atoms with Gasteiger partial charge in [-0.1, -0.05) is 36.4 Å². The standard InChI is InChI=1S/C25H21N5OS/c1-18-26-13-14-29(18)16-19-9-11-20(12-10-19)27-25(31)22-17-30(21-6-3-2-4-7-21)28-24(22)23-8-5-15-32-23/h2-15,17H,16H2,1H3,(H,27,31). The Hall–Kier alpha value is -3.97. The van der Waals surface area contributed by atoms with E-state index in [1.807, 2.05) is 85.2 Å². The number of carbonyl (C=O) groups excluding carboxylic acids is 1. The lowest BCUT2D eigenvalue weighted by molar-refractivity contribution is 0.102. The van der Waals surface area contributed by atoms with Crippen LogP contribution in [0.25, 0.3) is 16.3 Å². The van der Waals surface area contributed by atoms with Gasteiger partial charge >= 0.3 is 0 Å². The number of hydrogen-bond donors (Lipinski definition) is 1. The van der Waals surface area contributed by atoms with Crippen LogP contribution in [0.1, 0.15) is 21.7 Å². The Morgan fingerprint density at radius 2 is 1.84 bits per heavy atom. The number of nitrogens with zero attached hydrogens (tertiary/aromatic N) is 4. The Labute approximate surface area is 189 Å². The summed E-state index contributed by atoms with van der Waals surface area (Å²) in [6, 6.07) is 21.6. The van der Waals surface area contributed by atoms with Crippen LogP contribution in [-0.2, 0) is 6.54 Å². The predicted molar refractivity (Wildman–Crippen MR) is 127 cm³/mol. The summed E-state index contributed by atoms with van der Waals surface area (Å²) in [5, 5.41) is 9.71. The first-order valence-corrected chi connectivity index (χ1v) is 11.1. The minimum atomic E-state index is -0.186. The normalized spacial score (nSPS) is 10.9. The molecule has 0 unspecified atom stereocenters. The third-order valence-corrected chi connectivity index (χ3v) is 6.10. The molecule has 0 spiro atoms. The molecule has 3 aromatic heterocycles. The van der Waals surface area contributed by atoms with Crippen LogP contribution in [0.3, 0.4) is 0 Å². The highest BCUT2D eigenvalue weighted by Crippen LogP contribution is 2.28. The lowest BCUT2D eigenvalue weighted by Gasteiger charge is -2.08. The maximum absolute atomic E-state index is 13.2. The van der Waals surface area contributed by atoms with Gasteiger partial charge < -0.3 is 9.88 Å². The molecule has 0 atom stereocenters. The van der Waals surface area contributed by atoms with E-state index in [9.17, 15) is 4.79 Å². The van der Waals surface area contributed by atoms with E-state index in [1.165, 1.54) is 0 Å². The molecule has 5 aromatic rings. The van der Waals surface area contributed by atoms with E-state index >= 15 is 0 Å². The highest BCUT2D eigenvalue weighted by molar-refractivity contribution is 7.13. The topological polar surface area (TPSA) is 64.7 Å². The van der Waals surface area contributed by atoms with Gasteiger partial charge in [0, 0.05) is 30.8 Å². The number of anilines is 1. The van der Waals surface area contributed by atoms with Crippen molar-refractivity contribution in [3.05, 3.63) is 108 Å². The monoisotopic (exact) mass is 439 g/mol. The van der Waals surface area contributed by atoms with Gasteiger partial charge in [-0.2, -0.15) is 5.10 Å². The van der Waals surface area contributed by atoms with Gasteiger partial charge in [-0.05, 0) is 48.2 Å². The number of aromatic nitrogens is 4. The van der Waals surface area contributed by atoms with Crippen LogP contribution in [0.15, 0.2) is 90.7 Å². The fraction of sp³-hybridized carbons (Fsp3) is 0.0800. The number of thiophene rings is 1. The molecule has 0 saturated carbocycles. The third kappa shape index (κ3) is 4.10. The highest BCUT2D eigenvalue weighted by atomic mass is 32.1. The molecule has 0 aliphatic heterocycles. The lowest BCUT2D eigenvalue weighted by atomic mass is 10.1. The van der Waals surface area contributed by atoms with Crippen LogP contribution in [0, 0.1) is 6.92 Å². The molecule has 0 aliphatic carbocycles. The Kier molecular flexibility index (Phi) is 5.39. The van der Waals surface area contributed by atoms with E-state index in [0.29, 0.717) is 11.3 Å². The van der Waals surface area contributed by atoms with Gasteiger partial charge in [-0.15, -0.1) is 11.3 Å². The summed E-state index contributed by atoms with van der Waals surface area (Å²) in [6.07, 6.45) is 5.54. The summed E-state index contributed by atoms with van der Waals surface area (Å²) < 4.78 is 3.83. The van der Waals surface area contributed by atoms with Gasteiger partial charge in [-0.25, -0.2) is 9.67 Å². The number of amides is 1. The molecular weight excluding hydrogens is 418 g/mol. The van der Waals surface area contributed by atoms with Crippen molar-refractivity contribution in [1.82, 2.24) is 19.3 Å². The van der Waals surface area contributed by atoms with Crippen LogP contribution in [0.4, 0.5) is 5.69 Å². The molecule has 2 aromatic carbocycles. The number of para-hydroxylation sites is 1. The number of benzene rings is 2. The number of nitrogens with one attached hydrogen (secondary N) is 1. The van der Waals surface area contributed by atoms with Crippen LogP contribution >= 0.6 is 11.3 Å². The van der Waals surface area contributed by atoms with Gasteiger partial charge in [0.05, 0.1) is 16.1 Å². The molecule has 158 valence electrons. The van der Waals surface area contributed by atoms with Crippen molar-refractivity contribution in [2.45, 2.75) is 13.5 Å². The van der Waals surface area contributed by atoms with E-state index in [-0.39, 0.29) is 5.91 Å². The largest absolute Gasteiger partial charge is 0.331 e. The number of imidazole rings is 1. The molecule has 0 aliphatic rings. The summed E-state index contributed by atoms with van der Waals surface area (Å²) in [4.78, 5) is 18.4. The second-order valence-electron chi connectivity index (χ2n) is 7.40. The molecule has 7 heteroatoms. The Balaban J connectivity index is 1.39. The first kappa shape index (κ1) is 20.0. The van der Waals surface area contributed by atoms with Gasteiger partial charge in [0.15, 0.2) is 0 Å². The van der Waals surface area contributed by atoms with Crippen molar-refractivity contribution < 1.29 is 4.79 Å². The van der Waals surface area contributed by atoms with Crippen molar-refractivity contribution >= 4 is 22.9 Å². The number of carbonyl (C=O) groups is 1. The van der Waals surface area contributed by atoms with Gasteiger partial charge in [0.1, 0.15) is 11.5 Å². The molecule has 1 amide bonds. The van der Waals surface area contributed by atoms with Crippen LogP contribution in [0.5, 0.6) is 0 Å². The molecule has 32 heavy (non-hydrogen) atoms. The average molecular weight is 440 g/mol. The average Bonchev–Trinajstić information content (AvgIpc) is 3.57. The number of hydrogen-bond acceptors (Lipinski definition) is 4. The fourth-order valence-electron chi connectivity index (χ4n) is 3.51. The van der Waals surface area contributed by atoms with Crippen molar-refractivity contribution in [1.29, 1.82) is 0 Å². The third-order valence-electron chi connectivity index (χ3n) is 5.22. The zero-order valence-electron chi connectivity index (χ0n) is 17.5. The molecule has 6 nitrogen and oxygen atoms in total. The summed E-state index contributed by atoms with van der Waals surface area (Å²) in [7, 11) is 0. The lowest BCUT2D eigenvalue weighted by Crippen LogP contribution is -2.12. The van der Waals surface area contributed by atoms with Crippen molar-refractivity contribution in [3.8, 4) is 16.3 Å². The van der Waals surface area contributed by atoms with E-state index < -0.39 is 0 Å². The quantitative estimate of drug-likeness (QED) is 0.385. The zero-order valence-corrected chi connectivity index (χ0v) is 18.3. The molecule has 0 radical (unpaired) electrons. The maximum atomic E-state index is 13.2. The van der Waals surface area contributed by atoms with E-state index in [1.54, 1.807) is 28.4 Å². The molecule has 5 rings (SSSR count). The van der Waals surface area contributed by atoms with E-state index in [2.05, 4.69) is 14.9 Å². The van der Waals surface area contributed by atoms with Crippen molar-refractivity contribution in [3.63, 3.8) is 0 Å². The summed E-state index contributed by atoms with van der Waals surface area (Å²) in [5.74, 6) is 0.785. The maximum Gasteiger partial charge on any atom is 0.259 e. The van der Waals surface area contributed by atoms with Gasteiger partial charge in [0.2, 0.25) is 0 Å². The highest BCUT2D eigenvalue weighted by Gasteiger charge is 2.19. The van der Waals surface area contributed by atoms with E-state index in [0.717, 1.165) is 34.2 Å². The molecule has 3 heterocycles. The van der Waals surface area contributed by atoms with Crippen LogP contribution in [0.2, 0.25) is 0 Å². The van der Waals surface area contributed by atoms with Crippen molar-refractivity contribution in [2.75, 3.05) is 5.32 Å². The minimum absolute atomic E-state index is 0.186. The van der Waals surface area contributed by atoms with Crippen LogP contribution < -0.4 is 5.32 Å². The number of aryl methyl sites for hydroxylation is 1. The predicted octanol–water partition coefficient (Wildman–Crippen LogP) is 5.41. The summed E-state index contributed by atoms with van der Waals surface area (Å²) >= 11 is 1.56. The zero-order chi connectivity index (χ0) is 21.9. The SMILES string of the molecule is Cc1nccn1Cc1ccc(NC(=O)c2cn(-c3ccccc3)nc2-c2cccs2)cc1. The molecule has 0 bridgehead atoms. The minimum Gasteiger partial charge on any atom is -0.331 e. The summed E-state index contributed by atoms with van der Waals surface area (Å²) in [5.41, 5.74) is 4.00. The smallest absolute Gasteiger partial charge is 0.259 e. The number of rotatable bonds is 6. The van der Waals surface area contributed by atoms with Crippen molar-refractivity contribution in [2.24, 2.45) is 0 Å². The second kappa shape index (κ2) is 8.64. The van der Waals surface area contributed by atoms with Gasteiger partial charge in [0.25, 0.3) is 5.91 Å². The first-order valence-electron chi connectivity index (χ1n) is 10.2. The van der Waals surface area contributed by atoms with Crippen LogP contribution in [-0.4, -0.2) is 25.2 Å². The fourth-order valence-corrected chi connectivity index (χ4v) is 4.23. The molecule has 0 saturated heterocycles. The summed E-state index contributed by atoms with van der Waals surface area (Å²) in [6.45, 7) is 2.72. The Morgan fingerprint density at radius 1 is 1.03 bits per heavy atom. The Bertz CT molecular complexity index is 1340. The first-order chi connectivity index (χ1) is 15.7. The van der Waals surface area contributed by atoms with E-state index in [4.69, 9.17) is 5.10 Å². The second-order valence-corrected chi connectivity index (χ2v) is 8.35. The molecule has 0 fully saturated rings. The molecule has 1 N–H and O–H groups in total. The van der Waals surface area contributed by atoms with Gasteiger partial charge in [-0.3, -0.25) is 4.79 Å². The molecular formula is C25H21N5OS.